The second-order valence-corrected chi connectivity index (χ2v) is 28.5. The van der Waals surface area contributed by atoms with Gasteiger partial charge in [0.25, 0.3) is 0 Å². The highest BCUT2D eigenvalue weighted by atomic mass is 32.1. The minimum absolute atomic E-state index is 0.559. The number of rotatable bonds is 33. The van der Waals surface area contributed by atoms with E-state index in [0.29, 0.717) is 39.6 Å². The van der Waals surface area contributed by atoms with Gasteiger partial charge in [-0.05, 0) is 139 Å². The van der Waals surface area contributed by atoms with Gasteiger partial charge in [-0.3, -0.25) is 0 Å². The van der Waals surface area contributed by atoms with Gasteiger partial charge in [0.15, 0.2) is 0 Å². The van der Waals surface area contributed by atoms with Crippen LogP contribution in [0.5, 0.6) is 0 Å². The number of unbranched alkanes of at least 4 members (excludes halogenated alkanes) is 10. The molecule has 0 atom stereocenters. The molecule has 362 valence electrons. The minimum Gasteiger partial charge on any atom is -0.370 e. The van der Waals surface area contributed by atoms with Crippen LogP contribution in [0.3, 0.4) is 0 Å². The predicted octanol–water partition coefficient (Wildman–Crippen LogP) is 16.7. The Kier molecular flexibility index (Phi) is 22.6. The molecule has 0 aromatic carbocycles. The maximum absolute atomic E-state index is 6.31. The first-order valence-electron chi connectivity index (χ1n) is 24.8. The average molecular weight is 1040 g/mol. The highest BCUT2D eigenvalue weighted by molar-refractivity contribution is 7.32. The van der Waals surface area contributed by atoms with Gasteiger partial charge in [-0.1, -0.05) is 78.1 Å². The van der Waals surface area contributed by atoms with Crippen LogP contribution in [0.25, 0.3) is 48.8 Å². The van der Waals surface area contributed by atoms with Gasteiger partial charge < -0.3 is 26.6 Å². The summed E-state index contributed by atoms with van der Waals surface area (Å²) >= 11 is 11.3. The molecule has 0 amide bonds. The molecule has 6 heterocycles. The van der Waals surface area contributed by atoms with Crippen molar-refractivity contribution in [3.8, 4) is 48.8 Å². The van der Waals surface area contributed by atoms with Crippen LogP contribution in [0.4, 0.5) is 0 Å². The smallest absolute Gasteiger partial charge is 0.370 e. The van der Waals surface area contributed by atoms with Crippen LogP contribution in [-0.2, 0) is 39.4 Å². The monoisotopic (exact) mass is 1040 g/mol. The van der Waals surface area contributed by atoms with Gasteiger partial charge in [-0.25, -0.2) is 0 Å². The largest absolute Gasteiger partial charge is 0.547 e. The minimum atomic E-state index is -2.98. The normalized spacial score (nSPS) is 12.3. The zero-order valence-corrected chi connectivity index (χ0v) is 47.7. The van der Waals surface area contributed by atoms with Gasteiger partial charge in [0.05, 0.1) is 9.00 Å². The van der Waals surface area contributed by atoms with Crippen LogP contribution in [0.1, 0.15) is 144 Å². The second kappa shape index (κ2) is 27.7. The Morgan fingerprint density at radius 2 is 0.621 bits per heavy atom. The molecule has 0 N–H and O–H groups in total. The van der Waals surface area contributed by atoms with E-state index in [9.17, 15) is 0 Å². The maximum atomic E-state index is 6.31. The zero-order valence-electron chi connectivity index (χ0n) is 40.8. The van der Waals surface area contributed by atoms with Gasteiger partial charge >= 0.3 is 17.6 Å². The second-order valence-electron chi connectivity index (χ2n) is 16.3. The molecule has 0 saturated carbocycles. The van der Waals surface area contributed by atoms with Crippen LogP contribution in [0, 0.1) is 0 Å². The first-order valence-corrected chi connectivity index (χ1v) is 33.2. The summed E-state index contributed by atoms with van der Waals surface area (Å²) in [5, 5.41) is 0. The van der Waals surface area contributed by atoms with E-state index in [0.717, 1.165) is 21.8 Å². The van der Waals surface area contributed by atoms with E-state index >= 15 is 0 Å². The highest BCUT2D eigenvalue weighted by Gasteiger charge is 2.46. The Hall–Kier alpha value is -1.61. The molecular formula is C52H74O6S6Si2. The summed E-state index contributed by atoms with van der Waals surface area (Å²) in [6.07, 6.45) is 17.7. The molecule has 0 bridgehead atoms. The molecule has 6 rings (SSSR count). The van der Waals surface area contributed by atoms with Crippen LogP contribution < -0.4 is 9.00 Å². The molecule has 0 aliphatic carbocycles. The van der Waals surface area contributed by atoms with Gasteiger partial charge in [0.2, 0.25) is 0 Å². The van der Waals surface area contributed by atoms with E-state index in [1.807, 2.05) is 86.9 Å². The highest BCUT2D eigenvalue weighted by Crippen LogP contribution is 2.48. The lowest BCUT2D eigenvalue weighted by Gasteiger charge is -2.27. The van der Waals surface area contributed by atoms with Crippen molar-refractivity contribution in [2.45, 2.75) is 145 Å². The number of hydrogen-bond acceptors (Lipinski definition) is 12. The van der Waals surface area contributed by atoms with E-state index in [1.165, 1.54) is 137 Å². The van der Waals surface area contributed by atoms with Gasteiger partial charge in [0.1, 0.15) is 0 Å². The SMILES string of the molecule is CCCCCCCCc1cc(-c2ccc([Si](OCC)(OCC)OCC)s2)sc1-c1ccc(-c2ccc(-c3sc(-c4ccc([Si](OCC)(OCC)OCC)s4)cc3CCCCCCCC)s2)s1. The maximum Gasteiger partial charge on any atom is 0.547 e. The standard InChI is InChI=1S/C52H74O6S6Si2/c1-9-17-19-21-23-25-27-39-37-47(43-33-35-49(61-43)65(53-11-3,54-12-4)55-13-5)63-51(39)45-31-29-41(59-45)42-30-32-46(60-42)52-40(28-26-24-22-20-18-10-2)38-48(64-52)44-34-36-50(62-44)66(56-14-6,57-15-7)58-16-8/h29-38H,9-28H2,1-8H3. The third-order valence-electron chi connectivity index (χ3n) is 11.4. The van der Waals surface area contributed by atoms with Crippen LogP contribution in [0.2, 0.25) is 0 Å². The molecular weight excluding hydrogens is 969 g/mol. The average Bonchev–Trinajstić information content (AvgIpc) is 4.17. The van der Waals surface area contributed by atoms with E-state index in [4.69, 9.17) is 26.6 Å². The Morgan fingerprint density at radius 1 is 0.318 bits per heavy atom. The number of aryl methyl sites for hydroxylation is 2. The molecule has 0 spiro atoms. The van der Waals surface area contributed by atoms with Crippen molar-refractivity contribution in [3.63, 3.8) is 0 Å². The quantitative estimate of drug-likeness (QED) is 0.0302. The van der Waals surface area contributed by atoms with Gasteiger partial charge in [-0.2, -0.15) is 0 Å². The van der Waals surface area contributed by atoms with Crippen molar-refractivity contribution in [2.75, 3.05) is 39.6 Å². The molecule has 0 aliphatic heterocycles. The lowest BCUT2D eigenvalue weighted by atomic mass is 10.0. The van der Waals surface area contributed by atoms with Gasteiger partial charge in [0, 0.05) is 88.4 Å². The first-order chi connectivity index (χ1) is 32.3. The van der Waals surface area contributed by atoms with Crippen LogP contribution in [0.15, 0.2) is 60.7 Å². The third-order valence-corrected chi connectivity index (χ3v) is 26.4. The predicted molar refractivity (Wildman–Crippen MR) is 296 cm³/mol. The van der Waals surface area contributed by atoms with E-state index in [2.05, 4.69) is 74.5 Å². The zero-order chi connectivity index (χ0) is 46.8. The molecule has 0 radical (unpaired) electrons. The Bertz CT molecular complexity index is 2110. The molecule has 14 heteroatoms. The molecule has 0 aliphatic rings. The first kappa shape index (κ1) is 53.7. The topological polar surface area (TPSA) is 55.4 Å². The summed E-state index contributed by atoms with van der Waals surface area (Å²) in [7, 11) is -5.96. The van der Waals surface area contributed by atoms with Crippen molar-refractivity contribution >= 4 is 94.6 Å². The van der Waals surface area contributed by atoms with Crippen LogP contribution in [-0.4, -0.2) is 57.3 Å². The number of hydrogen-bond donors (Lipinski definition) is 0. The molecule has 0 unspecified atom stereocenters. The molecule has 6 aromatic rings. The fourth-order valence-corrected chi connectivity index (χ4v) is 21.8. The Labute approximate surface area is 423 Å². The van der Waals surface area contributed by atoms with Crippen molar-refractivity contribution in [2.24, 2.45) is 0 Å². The molecule has 0 saturated heterocycles. The van der Waals surface area contributed by atoms with Crippen molar-refractivity contribution in [1.82, 2.24) is 0 Å². The Balaban J connectivity index is 1.29. The fourth-order valence-electron chi connectivity index (χ4n) is 8.35. The van der Waals surface area contributed by atoms with Crippen molar-refractivity contribution in [3.05, 3.63) is 71.8 Å². The number of thiophene rings is 6. The van der Waals surface area contributed by atoms with Crippen LogP contribution >= 0.6 is 68.0 Å². The van der Waals surface area contributed by atoms with Crippen molar-refractivity contribution in [1.29, 1.82) is 0 Å². The van der Waals surface area contributed by atoms with E-state index in [-0.39, 0.29) is 0 Å². The lowest BCUT2D eigenvalue weighted by Crippen LogP contribution is -2.55. The molecule has 6 aromatic heterocycles. The van der Waals surface area contributed by atoms with Gasteiger partial charge in [-0.15, -0.1) is 68.0 Å². The summed E-state index contributed by atoms with van der Waals surface area (Å²) in [5.74, 6) is 0. The van der Waals surface area contributed by atoms with E-state index in [1.54, 1.807) is 22.7 Å². The Morgan fingerprint density at radius 3 is 0.970 bits per heavy atom. The van der Waals surface area contributed by atoms with E-state index < -0.39 is 17.6 Å². The molecule has 0 fully saturated rings. The lowest BCUT2D eigenvalue weighted by molar-refractivity contribution is 0.0859. The summed E-state index contributed by atoms with van der Waals surface area (Å²) in [6.45, 7) is 20.1. The van der Waals surface area contributed by atoms with Crippen molar-refractivity contribution < 1.29 is 26.6 Å². The summed E-state index contributed by atoms with van der Waals surface area (Å²) in [4.78, 5) is 13.3. The summed E-state index contributed by atoms with van der Waals surface area (Å²) in [5.41, 5.74) is 2.93. The summed E-state index contributed by atoms with van der Waals surface area (Å²) < 4.78 is 40.0. The third kappa shape index (κ3) is 13.8. The molecule has 6 nitrogen and oxygen atoms in total. The fraction of sp³-hybridized carbons (Fsp3) is 0.538. The molecule has 66 heavy (non-hydrogen) atoms. The summed E-state index contributed by atoms with van der Waals surface area (Å²) in [6, 6.07) is 23.3.